The molecule has 2 heterocycles. The number of nitrogens with one attached hydrogen (secondary N) is 1. The highest BCUT2D eigenvalue weighted by Crippen LogP contribution is 2.23. The Morgan fingerprint density at radius 2 is 1.88 bits per heavy atom. The molecule has 140 valence electrons. The maximum atomic E-state index is 13.3. The van der Waals surface area contributed by atoms with Crippen LogP contribution < -0.4 is 5.32 Å². The van der Waals surface area contributed by atoms with E-state index in [1.807, 2.05) is 0 Å². The van der Waals surface area contributed by atoms with Crippen LogP contribution in [0.25, 0.3) is 0 Å². The number of rotatable bonds is 4. The second-order valence-corrected chi connectivity index (χ2v) is 7.42. The van der Waals surface area contributed by atoms with Gasteiger partial charge in [-0.15, -0.1) is 0 Å². The smallest absolute Gasteiger partial charge is 0.325 e. The van der Waals surface area contributed by atoms with Crippen LogP contribution >= 0.6 is 0 Å². The summed E-state index contributed by atoms with van der Waals surface area (Å²) in [6.07, 6.45) is 1.17. The van der Waals surface area contributed by atoms with Gasteiger partial charge in [0.1, 0.15) is 23.7 Å². The SMILES string of the molecule is CC1(C)NC(=O)N(CC(=O)N2CCC(Cc3cc(F)cc(F)c3)C2)C1=O. The first-order chi connectivity index (χ1) is 12.2. The van der Waals surface area contributed by atoms with Crippen LogP contribution in [0.15, 0.2) is 18.2 Å². The third-order valence-corrected chi connectivity index (χ3v) is 4.82. The highest BCUT2D eigenvalue weighted by Gasteiger charge is 2.45. The molecule has 0 aromatic heterocycles. The second kappa shape index (κ2) is 6.66. The van der Waals surface area contributed by atoms with E-state index in [0.29, 0.717) is 31.5 Å². The lowest BCUT2D eigenvalue weighted by Crippen LogP contribution is -2.44. The second-order valence-electron chi connectivity index (χ2n) is 7.42. The van der Waals surface area contributed by atoms with E-state index >= 15 is 0 Å². The minimum absolute atomic E-state index is 0.0831. The van der Waals surface area contributed by atoms with E-state index in [0.717, 1.165) is 11.0 Å². The molecule has 0 bridgehead atoms. The number of benzene rings is 1. The molecule has 8 heteroatoms. The van der Waals surface area contributed by atoms with Crippen molar-refractivity contribution >= 4 is 17.8 Å². The Morgan fingerprint density at radius 1 is 1.23 bits per heavy atom. The van der Waals surface area contributed by atoms with Crippen molar-refractivity contribution in [2.75, 3.05) is 19.6 Å². The maximum Gasteiger partial charge on any atom is 0.325 e. The summed E-state index contributed by atoms with van der Waals surface area (Å²) < 4.78 is 26.6. The van der Waals surface area contributed by atoms with Crippen molar-refractivity contribution in [2.45, 2.75) is 32.2 Å². The van der Waals surface area contributed by atoms with E-state index in [4.69, 9.17) is 0 Å². The van der Waals surface area contributed by atoms with Crippen molar-refractivity contribution in [1.29, 1.82) is 0 Å². The summed E-state index contributed by atoms with van der Waals surface area (Å²) in [5.41, 5.74) is -0.454. The third-order valence-electron chi connectivity index (χ3n) is 4.82. The van der Waals surface area contributed by atoms with Gasteiger partial charge in [0.15, 0.2) is 0 Å². The molecule has 26 heavy (non-hydrogen) atoms. The fourth-order valence-electron chi connectivity index (χ4n) is 3.48. The summed E-state index contributed by atoms with van der Waals surface area (Å²) in [7, 11) is 0. The number of urea groups is 1. The van der Waals surface area contributed by atoms with Gasteiger partial charge in [0.05, 0.1) is 0 Å². The Kier molecular flexibility index (Phi) is 4.68. The normalized spacial score (nSPS) is 22.1. The Hall–Kier alpha value is -2.51. The van der Waals surface area contributed by atoms with E-state index in [1.165, 1.54) is 12.1 Å². The molecular formula is C18H21F2N3O3. The average Bonchev–Trinajstić information content (AvgIpc) is 3.05. The molecule has 1 N–H and O–H groups in total. The molecular weight excluding hydrogens is 344 g/mol. The van der Waals surface area contributed by atoms with Gasteiger partial charge in [-0.25, -0.2) is 13.6 Å². The lowest BCUT2D eigenvalue weighted by molar-refractivity contribution is -0.138. The number of hydrogen-bond donors (Lipinski definition) is 1. The number of likely N-dealkylation sites (tertiary alicyclic amines) is 1. The zero-order valence-electron chi connectivity index (χ0n) is 14.7. The number of carbonyl (C=O) groups is 3. The van der Waals surface area contributed by atoms with Crippen molar-refractivity contribution in [3.05, 3.63) is 35.4 Å². The van der Waals surface area contributed by atoms with Gasteiger partial charge in [-0.1, -0.05) is 0 Å². The molecule has 0 spiro atoms. The molecule has 2 aliphatic rings. The molecule has 2 saturated heterocycles. The molecule has 1 unspecified atom stereocenters. The van der Waals surface area contributed by atoms with Crippen LogP contribution in [0.5, 0.6) is 0 Å². The predicted molar refractivity (Wildman–Crippen MR) is 89.1 cm³/mol. The lowest BCUT2D eigenvalue weighted by Gasteiger charge is -2.20. The van der Waals surface area contributed by atoms with Gasteiger partial charge in [0.2, 0.25) is 5.91 Å². The standard InChI is InChI=1S/C18H21F2N3O3/c1-18(2)16(25)23(17(26)21-18)10-15(24)22-4-3-11(9-22)5-12-6-13(19)8-14(20)7-12/h6-8,11H,3-5,9-10H2,1-2H3,(H,21,26). The number of halogens is 2. The summed E-state index contributed by atoms with van der Waals surface area (Å²) in [4.78, 5) is 39.0. The van der Waals surface area contributed by atoms with Gasteiger partial charge in [-0.05, 0) is 50.3 Å². The van der Waals surface area contributed by atoms with Crippen molar-refractivity contribution in [1.82, 2.24) is 15.1 Å². The van der Waals surface area contributed by atoms with Crippen LogP contribution in [0, 0.1) is 17.6 Å². The van der Waals surface area contributed by atoms with Crippen molar-refractivity contribution in [2.24, 2.45) is 5.92 Å². The number of nitrogens with zero attached hydrogens (tertiary/aromatic N) is 2. The van der Waals surface area contributed by atoms with Crippen molar-refractivity contribution in [3.8, 4) is 0 Å². The van der Waals surface area contributed by atoms with Gasteiger partial charge in [-0.3, -0.25) is 14.5 Å². The fourth-order valence-corrected chi connectivity index (χ4v) is 3.48. The van der Waals surface area contributed by atoms with Gasteiger partial charge in [0.25, 0.3) is 5.91 Å². The molecule has 6 nitrogen and oxygen atoms in total. The topological polar surface area (TPSA) is 69.7 Å². The summed E-state index contributed by atoms with van der Waals surface area (Å²) in [6, 6.07) is 2.85. The number of imide groups is 1. The van der Waals surface area contributed by atoms with Crippen LogP contribution in [-0.4, -0.2) is 52.8 Å². The zero-order chi connectivity index (χ0) is 19.1. The Balaban J connectivity index is 1.57. The monoisotopic (exact) mass is 365 g/mol. The summed E-state index contributed by atoms with van der Waals surface area (Å²) in [6.45, 7) is 3.80. The minimum Gasteiger partial charge on any atom is -0.341 e. The third kappa shape index (κ3) is 3.68. The van der Waals surface area contributed by atoms with E-state index in [9.17, 15) is 23.2 Å². The van der Waals surface area contributed by atoms with E-state index in [2.05, 4.69) is 5.32 Å². The predicted octanol–water partition coefficient (Wildman–Crippen LogP) is 1.69. The number of amides is 4. The molecule has 3 rings (SSSR count). The first-order valence-electron chi connectivity index (χ1n) is 8.52. The highest BCUT2D eigenvalue weighted by atomic mass is 19.1. The minimum atomic E-state index is -1.01. The average molecular weight is 365 g/mol. The van der Waals surface area contributed by atoms with E-state index in [-0.39, 0.29) is 18.4 Å². The number of carbonyl (C=O) groups excluding carboxylic acids is 3. The van der Waals surface area contributed by atoms with Gasteiger partial charge >= 0.3 is 6.03 Å². The first kappa shape index (κ1) is 18.3. The zero-order valence-corrected chi connectivity index (χ0v) is 14.7. The lowest BCUT2D eigenvalue weighted by atomic mass is 9.98. The van der Waals surface area contributed by atoms with Crippen LogP contribution in [0.1, 0.15) is 25.8 Å². The van der Waals surface area contributed by atoms with Gasteiger partial charge < -0.3 is 10.2 Å². The van der Waals surface area contributed by atoms with Crippen molar-refractivity contribution in [3.63, 3.8) is 0 Å². The van der Waals surface area contributed by atoms with E-state index in [1.54, 1.807) is 18.7 Å². The molecule has 1 atom stereocenters. The first-order valence-corrected chi connectivity index (χ1v) is 8.52. The summed E-state index contributed by atoms with van der Waals surface area (Å²) >= 11 is 0. The molecule has 0 radical (unpaired) electrons. The Morgan fingerprint density at radius 3 is 2.46 bits per heavy atom. The van der Waals surface area contributed by atoms with Crippen LogP contribution in [0.3, 0.4) is 0 Å². The molecule has 1 aromatic carbocycles. The van der Waals surface area contributed by atoms with Crippen LogP contribution in [-0.2, 0) is 16.0 Å². The quantitative estimate of drug-likeness (QED) is 0.826. The molecule has 0 saturated carbocycles. The van der Waals surface area contributed by atoms with Crippen LogP contribution in [0.2, 0.25) is 0 Å². The molecule has 2 aliphatic heterocycles. The van der Waals surface area contributed by atoms with E-state index < -0.39 is 29.1 Å². The van der Waals surface area contributed by atoms with Crippen molar-refractivity contribution < 1.29 is 23.2 Å². The molecule has 4 amide bonds. The molecule has 0 aliphatic carbocycles. The summed E-state index contributed by atoms with van der Waals surface area (Å²) in [5.74, 6) is -1.89. The Bertz CT molecular complexity index is 746. The number of hydrogen-bond acceptors (Lipinski definition) is 3. The Labute approximate surface area is 150 Å². The largest absolute Gasteiger partial charge is 0.341 e. The molecule has 1 aromatic rings. The van der Waals surface area contributed by atoms with Crippen LogP contribution in [0.4, 0.5) is 13.6 Å². The van der Waals surface area contributed by atoms with Gasteiger partial charge in [-0.2, -0.15) is 0 Å². The summed E-state index contributed by atoms with van der Waals surface area (Å²) in [5, 5.41) is 2.54. The molecule has 2 fully saturated rings. The van der Waals surface area contributed by atoms with Gasteiger partial charge in [0, 0.05) is 19.2 Å². The highest BCUT2D eigenvalue weighted by molar-refractivity contribution is 6.08. The maximum absolute atomic E-state index is 13.3. The fraction of sp³-hybridized carbons (Fsp3) is 0.500.